The molecular formula is C16H21ClN2OS. The van der Waals surface area contributed by atoms with Crippen LogP contribution in [0.3, 0.4) is 0 Å². The average molecular weight is 325 g/mol. The van der Waals surface area contributed by atoms with Crippen LogP contribution in [0.5, 0.6) is 5.75 Å². The van der Waals surface area contributed by atoms with Gasteiger partial charge in [0.1, 0.15) is 10.8 Å². The molecule has 0 saturated heterocycles. The van der Waals surface area contributed by atoms with Gasteiger partial charge < -0.3 is 4.74 Å². The van der Waals surface area contributed by atoms with Gasteiger partial charge in [-0.3, -0.25) is 4.90 Å². The number of thiazole rings is 1. The van der Waals surface area contributed by atoms with E-state index in [0.717, 1.165) is 29.4 Å². The third kappa shape index (κ3) is 4.19. The number of hydrogen-bond donors (Lipinski definition) is 0. The molecule has 1 atom stereocenters. The highest BCUT2D eigenvalue weighted by Gasteiger charge is 2.18. The van der Waals surface area contributed by atoms with Crippen LogP contribution >= 0.6 is 22.9 Å². The number of methoxy groups -OCH3 is 1. The summed E-state index contributed by atoms with van der Waals surface area (Å²) in [5, 5.41) is 3.19. The molecule has 1 heterocycles. The lowest BCUT2D eigenvalue weighted by Crippen LogP contribution is -2.23. The number of hydrogen-bond acceptors (Lipinski definition) is 4. The van der Waals surface area contributed by atoms with Gasteiger partial charge >= 0.3 is 0 Å². The highest BCUT2D eigenvalue weighted by Crippen LogP contribution is 2.28. The van der Waals surface area contributed by atoms with Gasteiger partial charge in [-0.2, -0.15) is 0 Å². The fourth-order valence-corrected chi connectivity index (χ4v) is 3.64. The number of ether oxygens (including phenoxy) is 1. The first kappa shape index (κ1) is 16.3. The van der Waals surface area contributed by atoms with Crippen molar-refractivity contribution in [1.29, 1.82) is 0 Å². The van der Waals surface area contributed by atoms with Crippen LogP contribution in [0.2, 0.25) is 0 Å². The van der Waals surface area contributed by atoms with Crippen molar-refractivity contribution in [2.24, 2.45) is 0 Å². The Morgan fingerprint density at radius 3 is 2.57 bits per heavy atom. The van der Waals surface area contributed by atoms with Gasteiger partial charge in [0.05, 0.1) is 24.7 Å². The number of nitrogens with zero attached hydrogens (tertiary/aromatic N) is 2. The molecule has 0 aliphatic heterocycles. The summed E-state index contributed by atoms with van der Waals surface area (Å²) in [5.74, 6) is 1.37. The molecule has 2 aromatic rings. The van der Waals surface area contributed by atoms with Crippen molar-refractivity contribution in [2.75, 3.05) is 14.2 Å². The Labute approximate surface area is 135 Å². The minimum atomic E-state index is 0.328. The van der Waals surface area contributed by atoms with E-state index in [0.29, 0.717) is 11.9 Å². The summed E-state index contributed by atoms with van der Waals surface area (Å²) in [4.78, 5) is 6.95. The molecule has 5 heteroatoms. The second-order valence-corrected chi connectivity index (χ2v) is 6.15. The Balaban J connectivity index is 2.06. The van der Waals surface area contributed by atoms with Crippen molar-refractivity contribution >= 4 is 22.9 Å². The highest BCUT2D eigenvalue weighted by molar-refractivity contribution is 7.09. The third-order valence-corrected chi connectivity index (χ3v) is 4.77. The van der Waals surface area contributed by atoms with E-state index in [1.54, 1.807) is 18.4 Å². The summed E-state index contributed by atoms with van der Waals surface area (Å²) in [6, 6.07) is 8.54. The number of alkyl halides is 1. The molecule has 1 aromatic heterocycles. The van der Waals surface area contributed by atoms with Gasteiger partial charge in [0.15, 0.2) is 0 Å². The van der Waals surface area contributed by atoms with E-state index in [4.69, 9.17) is 16.3 Å². The van der Waals surface area contributed by atoms with E-state index in [9.17, 15) is 0 Å². The minimum Gasteiger partial charge on any atom is -0.497 e. The number of benzene rings is 1. The zero-order valence-electron chi connectivity index (χ0n) is 12.7. The molecule has 0 fully saturated rings. The zero-order chi connectivity index (χ0) is 15.2. The van der Waals surface area contributed by atoms with E-state index >= 15 is 0 Å². The molecular weight excluding hydrogens is 304 g/mol. The first-order valence-corrected chi connectivity index (χ1v) is 8.42. The molecule has 3 nitrogen and oxygen atoms in total. The zero-order valence-corrected chi connectivity index (χ0v) is 14.2. The predicted molar refractivity (Wildman–Crippen MR) is 89.2 cm³/mol. The maximum absolute atomic E-state index is 5.84. The SMILES string of the molecule is CCC(c1nc(CCl)cs1)N(C)Cc1ccc(OC)cc1. The first-order valence-electron chi connectivity index (χ1n) is 7.01. The second-order valence-electron chi connectivity index (χ2n) is 5.00. The Hall–Kier alpha value is -1.10. The van der Waals surface area contributed by atoms with Gasteiger partial charge in [-0.25, -0.2) is 4.98 Å². The molecule has 0 bridgehead atoms. The minimum absolute atomic E-state index is 0.328. The molecule has 0 N–H and O–H groups in total. The molecule has 0 aliphatic rings. The normalized spacial score (nSPS) is 12.6. The van der Waals surface area contributed by atoms with Crippen LogP contribution < -0.4 is 4.74 Å². The number of halogens is 1. The van der Waals surface area contributed by atoms with Crippen molar-refractivity contribution in [3.63, 3.8) is 0 Å². The molecule has 0 amide bonds. The Bertz CT molecular complexity index is 556. The van der Waals surface area contributed by atoms with Crippen molar-refractivity contribution < 1.29 is 4.74 Å². The van der Waals surface area contributed by atoms with Crippen LogP contribution in [0.1, 0.15) is 35.7 Å². The van der Waals surface area contributed by atoms with Crippen LogP contribution in [0.25, 0.3) is 0 Å². The lowest BCUT2D eigenvalue weighted by Gasteiger charge is -2.25. The van der Waals surface area contributed by atoms with E-state index in [-0.39, 0.29) is 0 Å². The monoisotopic (exact) mass is 324 g/mol. The summed E-state index contributed by atoms with van der Waals surface area (Å²) in [6.07, 6.45) is 1.03. The number of aromatic nitrogens is 1. The van der Waals surface area contributed by atoms with Gasteiger partial charge in [0, 0.05) is 11.9 Å². The Morgan fingerprint density at radius 2 is 2.05 bits per heavy atom. The summed E-state index contributed by atoms with van der Waals surface area (Å²) < 4.78 is 5.19. The van der Waals surface area contributed by atoms with Crippen LogP contribution in [0.4, 0.5) is 0 Å². The largest absolute Gasteiger partial charge is 0.497 e. The second kappa shape index (κ2) is 7.78. The average Bonchev–Trinajstić information content (AvgIpc) is 2.97. The third-order valence-electron chi connectivity index (χ3n) is 3.50. The van der Waals surface area contributed by atoms with Gasteiger partial charge in [0.25, 0.3) is 0 Å². The van der Waals surface area contributed by atoms with E-state index in [1.807, 2.05) is 17.5 Å². The number of rotatable bonds is 7. The molecule has 0 aliphatic carbocycles. The van der Waals surface area contributed by atoms with Crippen molar-refractivity contribution in [3.05, 3.63) is 45.9 Å². The van der Waals surface area contributed by atoms with E-state index in [1.165, 1.54) is 5.56 Å². The molecule has 0 radical (unpaired) electrons. The summed E-state index contributed by atoms with van der Waals surface area (Å²) in [6.45, 7) is 3.08. The Morgan fingerprint density at radius 1 is 1.33 bits per heavy atom. The van der Waals surface area contributed by atoms with Crippen molar-refractivity contribution in [2.45, 2.75) is 31.8 Å². The molecule has 1 aromatic carbocycles. The molecule has 1 unspecified atom stereocenters. The standard InChI is InChI=1S/C16H21ClN2OS/c1-4-15(16-18-13(9-17)11-21-16)19(2)10-12-5-7-14(20-3)8-6-12/h5-8,11,15H,4,9-10H2,1-3H3. The topological polar surface area (TPSA) is 25.4 Å². The molecule has 0 saturated carbocycles. The van der Waals surface area contributed by atoms with Crippen LogP contribution in [0, 0.1) is 0 Å². The maximum Gasteiger partial charge on any atom is 0.118 e. The Kier molecular flexibility index (Phi) is 6.03. The molecule has 0 spiro atoms. The van der Waals surface area contributed by atoms with Crippen LogP contribution in [0.15, 0.2) is 29.6 Å². The lowest BCUT2D eigenvalue weighted by atomic mass is 10.1. The van der Waals surface area contributed by atoms with Crippen molar-refractivity contribution in [3.8, 4) is 5.75 Å². The fraction of sp³-hybridized carbons (Fsp3) is 0.438. The van der Waals surface area contributed by atoms with E-state index in [2.05, 4.69) is 36.0 Å². The predicted octanol–water partition coefficient (Wildman–Crippen LogP) is 4.47. The highest BCUT2D eigenvalue weighted by atomic mass is 35.5. The molecule has 114 valence electrons. The molecule has 21 heavy (non-hydrogen) atoms. The summed E-state index contributed by atoms with van der Waals surface area (Å²) >= 11 is 7.54. The fourth-order valence-electron chi connectivity index (χ4n) is 2.34. The van der Waals surface area contributed by atoms with E-state index < -0.39 is 0 Å². The van der Waals surface area contributed by atoms with Crippen LogP contribution in [-0.2, 0) is 12.4 Å². The quantitative estimate of drug-likeness (QED) is 0.702. The van der Waals surface area contributed by atoms with Gasteiger partial charge in [-0.05, 0) is 31.2 Å². The van der Waals surface area contributed by atoms with Gasteiger partial charge in [-0.15, -0.1) is 22.9 Å². The summed E-state index contributed by atoms with van der Waals surface area (Å²) in [7, 11) is 3.82. The summed E-state index contributed by atoms with van der Waals surface area (Å²) in [5.41, 5.74) is 2.24. The lowest BCUT2D eigenvalue weighted by molar-refractivity contribution is 0.229. The van der Waals surface area contributed by atoms with Gasteiger partial charge in [0.2, 0.25) is 0 Å². The van der Waals surface area contributed by atoms with Gasteiger partial charge in [-0.1, -0.05) is 19.1 Å². The maximum atomic E-state index is 5.84. The van der Waals surface area contributed by atoms with Crippen molar-refractivity contribution in [1.82, 2.24) is 9.88 Å². The first-order chi connectivity index (χ1) is 10.2. The van der Waals surface area contributed by atoms with Crippen LogP contribution in [-0.4, -0.2) is 24.0 Å². The molecule has 2 rings (SSSR count). The smallest absolute Gasteiger partial charge is 0.118 e.